The van der Waals surface area contributed by atoms with Gasteiger partial charge in [0.15, 0.2) is 0 Å². The number of hydrogen-bond acceptors (Lipinski definition) is 5. The van der Waals surface area contributed by atoms with Crippen LogP contribution in [0.15, 0.2) is 18.2 Å². The molecule has 0 unspecified atom stereocenters. The molecule has 130 valence electrons. The molecule has 0 spiro atoms. The van der Waals surface area contributed by atoms with Gasteiger partial charge in [0.2, 0.25) is 0 Å². The highest BCUT2D eigenvalue weighted by Crippen LogP contribution is 2.22. The van der Waals surface area contributed by atoms with Gasteiger partial charge in [-0.1, -0.05) is 0 Å². The Bertz CT molecular complexity index is 659. The molecule has 0 saturated carbocycles. The summed E-state index contributed by atoms with van der Waals surface area (Å²) in [6, 6.07) is 4.63. The number of carbonyl (C=O) groups excluding carboxylic acids is 3. The van der Waals surface area contributed by atoms with E-state index in [2.05, 4.69) is 15.5 Å². The maximum atomic E-state index is 12.2. The Balaban J connectivity index is 0.00000208. The molecule has 0 bridgehead atoms. The van der Waals surface area contributed by atoms with E-state index in [1.165, 1.54) is 13.1 Å². The van der Waals surface area contributed by atoms with E-state index in [9.17, 15) is 14.4 Å². The molecular weight excluding hydrogens is 332 g/mol. The maximum Gasteiger partial charge on any atom is 0.261 e. The largest absolute Gasteiger partial charge is 0.351 e. The van der Waals surface area contributed by atoms with E-state index in [0.717, 1.165) is 37.6 Å². The number of fused-ring (bicyclic) bond motifs is 1. The van der Waals surface area contributed by atoms with E-state index in [-0.39, 0.29) is 30.1 Å². The van der Waals surface area contributed by atoms with Crippen LogP contribution in [0.2, 0.25) is 0 Å². The van der Waals surface area contributed by atoms with Crippen molar-refractivity contribution in [3.05, 3.63) is 34.9 Å². The third-order valence-corrected chi connectivity index (χ3v) is 4.28. The summed E-state index contributed by atoms with van der Waals surface area (Å²) in [5.41, 5.74) is 1.06. The van der Waals surface area contributed by atoms with E-state index in [1.54, 1.807) is 12.1 Å². The number of rotatable bonds is 4. The Labute approximate surface area is 146 Å². The Morgan fingerprint density at radius 1 is 1.17 bits per heavy atom. The number of carbonyl (C=O) groups is 3. The maximum absolute atomic E-state index is 12.2. The van der Waals surface area contributed by atoms with Crippen molar-refractivity contribution in [2.24, 2.45) is 0 Å². The minimum Gasteiger partial charge on any atom is -0.351 e. The van der Waals surface area contributed by atoms with Gasteiger partial charge < -0.3 is 10.6 Å². The van der Waals surface area contributed by atoms with E-state index in [0.29, 0.717) is 23.2 Å². The van der Waals surface area contributed by atoms with Crippen LogP contribution in [0.1, 0.15) is 31.1 Å². The van der Waals surface area contributed by atoms with Gasteiger partial charge >= 0.3 is 0 Å². The summed E-state index contributed by atoms with van der Waals surface area (Å²) in [5, 5.41) is 6.15. The first-order valence-electron chi connectivity index (χ1n) is 7.75. The molecule has 0 radical (unpaired) electrons. The van der Waals surface area contributed by atoms with Crippen molar-refractivity contribution in [3.63, 3.8) is 0 Å². The van der Waals surface area contributed by atoms with Crippen LogP contribution in [0.25, 0.3) is 0 Å². The minimum absolute atomic E-state index is 0. The van der Waals surface area contributed by atoms with Crippen LogP contribution in [0.4, 0.5) is 0 Å². The van der Waals surface area contributed by atoms with Gasteiger partial charge in [-0.05, 0) is 18.2 Å². The summed E-state index contributed by atoms with van der Waals surface area (Å²) >= 11 is 0. The molecular formula is C16H21ClN4O3. The molecule has 0 atom stereocenters. The molecule has 0 aliphatic carbocycles. The lowest BCUT2D eigenvalue weighted by atomic mass is 10.1. The molecule has 1 aromatic rings. The van der Waals surface area contributed by atoms with E-state index < -0.39 is 0 Å². The normalized spacial score (nSPS) is 17.5. The first-order valence-corrected chi connectivity index (χ1v) is 7.75. The van der Waals surface area contributed by atoms with Crippen LogP contribution >= 0.6 is 12.4 Å². The lowest BCUT2D eigenvalue weighted by Gasteiger charge is -2.27. The lowest BCUT2D eigenvalue weighted by molar-refractivity contribution is 0.0693. The molecule has 2 N–H and O–H groups in total. The third-order valence-electron chi connectivity index (χ3n) is 4.28. The summed E-state index contributed by atoms with van der Waals surface area (Å²) < 4.78 is 0. The lowest BCUT2D eigenvalue weighted by Crippen LogP contribution is -2.46. The van der Waals surface area contributed by atoms with Crippen LogP contribution in [0.5, 0.6) is 0 Å². The van der Waals surface area contributed by atoms with Crippen molar-refractivity contribution in [1.29, 1.82) is 0 Å². The van der Waals surface area contributed by atoms with Crippen LogP contribution in [-0.2, 0) is 0 Å². The van der Waals surface area contributed by atoms with Crippen LogP contribution < -0.4 is 10.6 Å². The molecule has 2 aliphatic rings. The zero-order chi connectivity index (χ0) is 16.4. The van der Waals surface area contributed by atoms with Crippen molar-refractivity contribution in [1.82, 2.24) is 20.4 Å². The number of imide groups is 1. The van der Waals surface area contributed by atoms with Crippen molar-refractivity contribution >= 4 is 30.1 Å². The Hall–Kier alpha value is -1.96. The Kier molecular flexibility index (Phi) is 5.93. The van der Waals surface area contributed by atoms with Crippen LogP contribution in [0.3, 0.4) is 0 Å². The predicted molar refractivity (Wildman–Crippen MR) is 91.8 cm³/mol. The average molecular weight is 353 g/mol. The topological polar surface area (TPSA) is 81.8 Å². The summed E-state index contributed by atoms with van der Waals surface area (Å²) in [5.74, 6) is -0.908. The zero-order valence-electron chi connectivity index (χ0n) is 13.5. The fraction of sp³-hybridized carbons (Fsp3) is 0.438. The molecule has 2 heterocycles. The molecule has 0 aromatic heterocycles. The Morgan fingerprint density at radius 2 is 1.83 bits per heavy atom. The van der Waals surface area contributed by atoms with Gasteiger partial charge in [0.05, 0.1) is 11.1 Å². The summed E-state index contributed by atoms with van der Waals surface area (Å²) in [7, 11) is 1.44. The number of hydrogen-bond donors (Lipinski definition) is 2. The zero-order valence-corrected chi connectivity index (χ0v) is 14.3. The SMILES string of the molecule is CN1C(=O)c2ccc(C(=O)NCCN3CCNCC3)cc2C1=O.Cl. The molecule has 3 rings (SSSR count). The van der Waals surface area contributed by atoms with Gasteiger partial charge in [0.25, 0.3) is 17.7 Å². The van der Waals surface area contributed by atoms with Crippen molar-refractivity contribution < 1.29 is 14.4 Å². The number of halogens is 1. The third kappa shape index (κ3) is 3.58. The quantitative estimate of drug-likeness (QED) is 0.744. The minimum atomic E-state index is -0.361. The molecule has 24 heavy (non-hydrogen) atoms. The fourth-order valence-electron chi connectivity index (χ4n) is 2.87. The highest BCUT2D eigenvalue weighted by atomic mass is 35.5. The predicted octanol–water partition coefficient (Wildman–Crippen LogP) is -0.0308. The van der Waals surface area contributed by atoms with Crippen LogP contribution in [-0.4, -0.2) is 73.8 Å². The molecule has 7 nitrogen and oxygen atoms in total. The monoisotopic (exact) mass is 352 g/mol. The number of benzene rings is 1. The first kappa shape index (κ1) is 18.4. The smallest absolute Gasteiger partial charge is 0.261 e. The second-order valence-corrected chi connectivity index (χ2v) is 5.78. The van der Waals surface area contributed by atoms with E-state index in [4.69, 9.17) is 0 Å². The van der Waals surface area contributed by atoms with Crippen molar-refractivity contribution in [2.45, 2.75) is 0 Å². The number of amides is 3. The second-order valence-electron chi connectivity index (χ2n) is 5.78. The van der Waals surface area contributed by atoms with Gasteiger partial charge in [-0.2, -0.15) is 0 Å². The summed E-state index contributed by atoms with van der Waals surface area (Å²) in [4.78, 5) is 39.4. The molecule has 3 amide bonds. The highest BCUT2D eigenvalue weighted by molar-refractivity contribution is 6.21. The molecule has 2 aliphatic heterocycles. The van der Waals surface area contributed by atoms with E-state index >= 15 is 0 Å². The van der Waals surface area contributed by atoms with Gasteiger partial charge in [-0.25, -0.2) is 0 Å². The number of piperazine rings is 1. The highest BCUT2D eigenvalue weighted by Gasteiger charge is 2.33. The van der Waals surface area contributed by atoms with E-state index in [1.807, 2.05) is 0 Å². The van der Waals surface area contributed by atoms with Gasteiger partial charge in [0, 0.05) is 51.9 Å². The summed E-state index contributed by atoms with van der Waals surface area (Å²) in [6.07, 6.45) is 0. The fourth-order valence-corrected chi connectivity index (χ4v) is 2.87. The van der Waals surface area contributed by atoms with Gasteiger partial charge in [-0.15, -0.1) is 12.4 Å². The second kappa shape index (κ2) is 7.74. The summed E-state index contributed by atoms with van der Waals surface area (Å²) in [6.45, 7) is 5.28. The van der Waals surface area contributed by atoms with Crippen LogP contribution in [0, 0.1) is 0 Å². The first-order chi connectivity index (χ1) is 11.1. The van der Waals surface area contributed by atoms with Crippen molar-refractivity contribution in [3.8, 4) is 0 Å². The Morgan fingerprint density at radius 3 is 2.54 bits per heavy atom. The van der Waals surface area contributed by atoms with Gasteiger partial charge in [-0.3, -0.25) is 24.2 Å². The van der Waals surface area contributed by atoms with Crippen molar-refractivity contribution in [2.75, 3.05) is 46.3 Å². The molecule has 1 saturated heterocycles. The average Bonchev–Trinajstić information content (AvgIpc) is 2.80. The number of nitrogens with one attached hydrogen (secondary N) is 2. The molecule has 1 fully saturated rings. The van der Waals surface area contributed by atoms with Gasteiger partial charge in [0.1, 0.15) is 0 Å². The standard InChI is InChI=1S/C16H20N4O3.ClH/c1-19-15(22)12-3-2-11(10-13(12)16(19)23)14(21)18-6-9-20-7-4-17-5-8-20;/h2-3,10,17H,4-9H2,1H3,(H,18,21);1H. The molecule has 1 aromatic carbocycles. The molecule has 8 heteroatoms. The number of nitrogens with zero attached hydrogens (tertiary/aromatic N) is 2.